The SMILES string of the molecule is CCOc1ccc(C(=O)c2cccc(C)c2C)c(Br)c1. The first-order valence-electron chi connectivity index (χ1n) is 6.58. The van der Waals surface area contributed by atoms with E-state index in [1.54, 1.807) is 6.07 Å². The van der Waals surface area contributed by atoms with Gasteiger partial charge in [0.05, 0.1) is 6.61 Å². The second-order valence-corrected chi connectivity index (χ2v) is 5.51. The number of ether oxygens (including phenoxy) is 1. The van der Waals surface area contributed by atoms with Crippen molar-refractivity contribution in [3.63, 3.8) is 0 Å². The van der Waals surface area contributed by atoms with Crippen molar-refractivity contribution in [3.05, 3.63) is 63.1 Å². The predicted molar refractivity (Wildman–Crippen MR) is 84.7 cm³/mol. The van der Waals surface area contributed by atoms with E-state index in [9.17, 15) is 4.79 Å². The summed E-state index contributed by atoms with van der Waals surface area (Å²) >= 11 is 3.46. The minimum atomic E-state index is 0.0288. The molecule has 0 aliphatic heterocycles. The molecular weight excluding hydrogens is 316 g/mol. The van der Waals surface area contributed by atoms with Crippen LogP contribution < -0.4 is 4.74 Å². The zero-order valence-electron chi connectivity index (χ0n) is 11.9. The molecule has 0 fully saturated rings. The van der Waals surface area contributed by atoms with Crippen molar-refractivity contribution in [2.75, 3.05) is 6.61 Å². The Morgan fingerprint density at radius 1 is 1.15 bits per heavy atom. The molecule has 20 heavy (non-hydrogen) atoms. The third-order valence-electron chi connectivity index (χ3n) is 3.35. The molecule has 0 bridgehead atoms. The van der Waals surface area contributed by atoms with Crippen molar-refractivity contribution in [1.29, 1.82) is 0 Å². The minimum absolute atomic E-state index is 0.0288. The van der Waals surface area contributed by atoms with Gasteiger partial charge < -0.3 is 4.74 Å². The Morgan fingerprint density at radius 2 is 1.90 bits per heavy atom. The highest BCUT2D eigenvalue weighted by Gasteiger charge is 2.15. The maximum atomic E-state index is 12.6. The van der Waals surface area contributed by atoms with E-state index in [0.717, 1.165) is 26.9 Å². The van der Waals surface area contributed by atoms with Gasteiger partial charge in [-0.1, -0.05) is 18.2 Å². The van der Waals surface area contributed by atoms with E-state index in [1.807, 2.05) is 51.1 Å². The third kappa shape index (κ3) is 2.93. The Kier molecular flexibility index (Phi) is 4.61. The van der Waals surface area contributed by atoms with Crippen molar-refractivity contribution in [2.24, 2.45) is 0 Å². The van der Waals surface area contributed by atoms with Gasteiger partial charge in [-0.15, -0.1) is 0 Å². The maximum Gasteiger partial charge on any atom is 0.194 e. The molecule has 0 aromatic heterocycles. The maximum absolute atomic E-state index is 12.6. The van der Waals surface area contributed by atoms with Crippen LogP contribution in [0.25, 0.3) is 0 Å². The second-order valence-electron chi connectivity index (χ2n) is 4.65. The van der Waals surface area contributed by atoms with Gasteiger partial charge in [-0.05, 0) is 66.0 Å². The first kappa shape index (κ1) is 14.8. The van der Waals surface area contributed by atoms with Crippen LogP contribution in [-0.4, -0.2) is 12.4 Å². The molecule has 0 spiro atoms. The molecule has 2 rings (SSSR count). The molecule has 0 atom stereocenters. The highest BCUT2D eigenvalue weighted by atomic mass is 79.9. The third-order valence-corrected chi connectivity index (χ3v) is 4.00. The molecule has 0 radical (unpaired) electrons. The molecule has 0 aliphatic rings. The Bertz CT molecular complexity index is 647. The molecule has 0 heterocycles. The zero-order chi connectivity index (χ0) is 14.7. The van der Waals surface area contributed by atoms with Crippen LogP contribution >= 0.6 is 15.9 Å². The lowest BCUT2D eigenvalue weighted by atomic mass is 9.96. The molecule has 0 aliphatic carbocycles. The van der Waals surface area contributed by atoms with Crippen LogP contribution in [0.3, 0.4) is 0 Å². The Balaban J connectivity index is 2.41. The van der Waals surface area contributed by atoms with E-state index >= 15 is 0 Å². The molecule has 104 valence electrons. The number of halogens is 1. The fourth-order valence-corrected chi connectivity index (χ4v) is 2.62. The van der Waals surface area contributed by atoms with Crippen LogP contribution in [0.15, 0.2) is 40.9 Å². The van der Waals surface area contributed by atoms with Crippen LogP contribution in [0.4, 0.5) is 0 Å². The lowest BCUT2D eigenvalue weighted by Gasteiger charge is -2.10. The van der Waals surface area contributed by atoms with Crippen LogP contribution in [0.5, 0.6) is 5.75 Å². The van der Waals surface area contributed by atoms with E-state index in [4.69, 9.17) is 4.74 Å². The van der Waals surface area contributed by atoms with Gasteiger partial charge >= 0.3 is 0 Å². The summed E-state index contributed by atoms with van der Waals surface area (Å²) in [5.74, 6) is 0.790. The van der Waals surface area contributed by atoms with Crippen LogP contribution in [0, 0.1) is 13.8 Å². The van der Waals surface area contributed by atoms with Crippen LogP contribution in [-0.2, 0) is 0 Å². The standard InChI is InChI=1S/C17H17BrO2/c1-4-20-13-8-9-15(16(18)10-13)17(19)14-7-5-6-11(2)12(14)3/h5-10H,4H2,1-3H3. The molecule has 2 aromatic carbocycles. The van der Waals surface area contributed by atoms with Gasteiger partial charge in [0.2, 0.25) is 0 Å². The molecule has 0 N–H and O–H groups in total. The number of carbonyl (C=O) groups is 1. The lowest BCUT2D eigenvalue weighted by Crippen LogP contribution is -2.06. The predicted octanol–water partition coefficient (Wildman–Crippen LogP) is 4.70. The van der Waals surface area contributed by atoms with Gasteiger partial charge in [-0.2, -0.15) is 0 Å². The smallest absolute Gasteiger partial charge is 0.194 e. The number of aryl methyl sites for hydroxylation is 1. The number of benzene rings is 2. The number of carbonyl (C=O) groups excluding carboxylic acids is 1. The topological polar surface area (TPSA) is 26.3 Å². The molecule has 0 unspecified atom stereocenters. The van der Waals surface area contributed by atoms with E-state index in [2.05, 4.69) is 15.9 Å². The fraction of sp³-hybridized carbons (Fsp3) is 0.235. The first-order valence-corrected chi connectivity index (χ1v) is 7.37. The summed E-state index contributed by atoms with van der Waals surface area (Å²) in [5.41, 5.74) is 3.55. The summed E-state index contributed by atoms with van der Waals surface area (Å²) in [6.45, 7) is 6.53. The lowest BCUT2D eigenvalue weighted by molar-refractivity contribution is 0.103. The van der Waals surface area contributed by atoms with E-state index in [0.29, 0.717) is 12.2 Å². The van der Waals surface area contributed by atoms with E-state index < -0.39 is 0 Å². The molecule has 3 heteroatoms. The quantitative estimate of drug-likeness (QED) is 0.759. The molecule has 2 aromatic rings. The largest absolute Gasteiger partial charge is 0.494 e. The normalized spacial score (nSPS) is 10.4. The number of rotatable bonds is 4. The Labute approximate surface area is 127 Å². The van der Waals surface area contributed by atoms with Crippen LogP contribution in [0.1, 0.15) is 34.0 Å². The summed E-state index contributed by atoms with van der Waals surface area (Å²) in [6, 6.07) is 11.3. The fourth-order valence-electron chi connectivity index (χ4n) is 2.08. The summed E-state index contributed by atoms with van der Waals surface area (Å²) in [4.78, 5) is 12.6. The average Bonchev–Trinajstić information content (AvgIpc) is 2.42. The highest BCUT2D eigenvalue weighted by molar-refractivity contribution is 9.10. The van der Waals surface area contributed by atoms with E-state index in [1.165, 1.54) is 0 Å². The van der Waals surface area contributed by atoms with Crippen LogP contribution in [0.2, 0.25) is 0 Å². The van der Waals surface area contributed by atoms with Gasteiger partial charge in [0.1, 0.15) is 5.75 Å². The average molecular weight is 333 g/mol. The number of ketones is 1. The molecule has 0 amide bonds. The molecule has 2 nitrogen and oxygen atoms in total. The van der Waals surface area contributed by atoms with Gasteiger partial charge in [0.15, 0.2) is 5.78 Å². The summed E-state index contributed by atoms with van der Waals surface area (Å²) in [7, 11) is 0. The molecule has 0 saturated heterocycles. The van der Waals surface area contributed by atoms with Crippen molar-refractivity contribution in [1.82, 2.24) is 0 Å². The highest BCUT2D eigenvalue weighted by Crippen LogP contribution is 2.26. The van der Waals surface area contributed by atoms with Gasteiger partial charge in [0, 0.05) is 15.6 Å². The molecule has 0 saturated carbocycles. The number of hydrogen-bond acceptors (Lipinski definition) is 2. The summed E-state index contributed by atoms with van der Waals surface area (Å²) < 4.78 is 6.19. The zero-order valence-corrected chi connectivity index (χ0v) is 13.5. The Morgan fingerprint density at radius 3 is 2.55 bits per heavy atom. The first-order chi connectivity index (χ1) is 9.54. The van der Waals surface area contributed by atoms with Crippen molar-refractivity contribution in [3.8, 4) is 5.75 Å². The van der Waals surface area contributed by atoms with Gasteiger partial charge in [0.25, 0.3) is 0 Å². The van der Waals surface area contributed by atoms with Gasteiger partial charge in [-0.25, -0.2) is 0 Å². The summed E-state index contributed by atoms with van der Waals surface area (Å²) in [5, 5.41) is 0. The Hall–Kier alpha value is -1.61. The van der Waals surface area contributed by atoms with Crippen molar-refractivity contribution >= 4 is 21.7 Å². The second kappa shape index (κ2) is 6.23. The monoisotopic (exact) mass is 332 g/mol. The van der Waals surface area contributed by atoms with Gasteiger partial charge in [-0.3, -0.25) is 4.79 Å². The van der Waals surface area contributed by atoms with Crippen molar-refractivity contribution in [2.45, 2.75) is 20.8 Å². The minimum Gasteiger partial charge on any atom is -0.494 e. The van der Waals surface area contributed by atoms with E-state index in [-0.39, 0.29) is 5.78 Å². The molecular formula is C17H17BrO2. The number of hydrogen-bond donors (Lipinski definition) is 0. The summed E-state index contributed by atoms with van der Waals surface area (Å²) in [6.07, 6.45) is 0. The van der Waals surface area contributed by atoms with Crippen molar-refractivity contribution < 1.29 is 9.53 Å².